The van der Waals surface area contributed by atoms with E-state index >= 15 is 0 Å². The molecule has 0 aliphatic heterocycles. The van der Waals surface area contributed by atoms with Crippen LogP contribution in [0.2, 0.25) is 0 Å². The number of carboxylic acid groups (broad SMARTS) is 1. The summed E-state index contributed by atoms with van der Waals surface area (Å²) in [6, 6.07) is 2.01. The first-order chi connectivity index (χ1) is 12.3. The average Bonchev–Trinajstić information content (AvgIpc) is 2.55. The van der Waals surface area contributed by atoms with Crippen LogP contribution in [-0.2, 0) is 0 Å². The van der Waals surface area contributed by atoms with Gasteiger partial charge in [0.1, 0.15) is 22.8 Å². The molecule has 0 radical (unpaired) electrons. The van der Waals surface area contributed by atoms with Crippen LogP contribution < -0.4 is 16.8 Å². The van der Waals surface area contributed by atoms with E-state index in [0.717, 1.165) is 12.1 Å². The normalized spacial score (nSPS) is 12.5. The van der Waals surface area contributed by atoms with E-state index in [9.17, 15) is 27.9 Å². The minimum Gasteiger partial charge on any atom is -0.507 e. The zero-order chi connectivity index (χ0) is 21.5. The monoisotopic (exact) mass is 389 g/mol. The Bertz CT molecular complexity index is 784. The first-order valence-corrected chi connectivity index (χ1v) is 7.73. The predicted octanol–water partition coefficient (Wildman–Crippen LogP) is 2.75. The van der Waals surface area contributed by atoms with E-state index in [-0.39, 0.29) is 22.5 Å². The van der Waals surface area contributed by atoms with Crippen molar-refractivity contribution in [3.8, 4) is 5.75 Å². The fourth-order valence-corrected chi connectivity index (χ4v) is 1.79. The standard InChI is InChI=1S/C15H16F3N3O4.C2H6/c1-6-3-10(22)9(14(24)25)5-8(6)13(23)21-12(20)7(2)4-11(19)15(16,17)18;1-2/h3-5,22H,19-20H2,1-2H3,(H,21,23)(H,24,25);1-2H3/b11-4-,12-7+;. The fourth-order valence-electron chi connectivity index (χ4n) is 1.79. The van der Waals surface area contributed by atoms with Gasteiger partial charge in [-0.2, -0.15) is 13.2 Å². The number of allylic oxidation sites excluding steroid dienone is 3. The van der Waals surface area contributed by atoms with Crippen molar-refractivity contribution in [2.75, 3.05) is 0 Å². The maximum absolute atomic E-state index is 12.4. The molecular formula is C17H22F3N3O4. The third-order valence-electron chi connectivity index (χ3n) is 3.19. The molecule has 0 unspecified atom stereocenters. The van der Waals surface area contributed by atoms with E-state index in [0.29, 0.717) is 6.08 Å². The van der Waals surface area contributed by atoms with Gasteiger partial charge in [-0.25, -0.2) is 4.79 Å². The molecule has 27 heavy (non-hydrogen) atoms. The van der Waals surface area contributed by atoms with Crippen LogP contribution in [0, 0.1) is 6.92 Å². The van der Waals surface area contributed by atoms with Gasteiger partial charge in [0.15, 0.2) is 0 Å². The van der Waals surface area contributed by atoms with Crippen LogP contribution in [0.25, 0.3) is 0 Å². The first-order valence-electron chi connectivity index (χ1n) is 7.73. The summed E-state index contributed by atoms with van der Waals surface area (Å²) in [6.45, 7) is 6.65. The molecule has 1 aromatic rings. The fraction of sp³-hybridized carbons (Fsp3) is 0.294. The molecule has 7 N–H and O–H groups in total. The van der Waals surface area contributed by atoms with Crippen LogP contribution in [-0.4, -0.2) is 28.3 Å². The van der Waals surface area contributed by atoms with Gasteiger partial charge in [-0.15, -0.1) is 0 Å². The van der Waals surface area contributed by atoms with E-state index in [2.05, 4.69) is 5.32 Å². The topological polar surface area (TPSA) is 139 Å². The maximum atomic E-state index is 12.4. The number of halogens is 3. The highest BCUT2D eigenvalue weighted by atomic mass is 19.4. The number of carboxylic acids is 1. The van der Waals surface area contributed by atoms with Gasteiger partial charge in [0, 0.05) is 5.56 Å². The van der Waals surface area contributed by atoms with E-state index in [4.69, 9.17) is 16.6 Å². The van der Waals surface area contributed by atoms with Gasteiger partial charge in [-0.3, -0.25) is 4.79 Å². The summed E-state index contributed by atoms with van der Waals surface area (Å²) in [5.41, 5.74) is 8.50. The number of nitrogens with one attached hydrogen (secondary N) is 1. The van der Waals surface area contributed by atoms with Gasteiger partial charge in [0.2, 0.25) is 0 Å². The molecule has 1 aromatic carbocycles. The number of nitrogens with two attached hydrogens (primary N) is 2. The lowest BCUT2D eigenvalue weighted by Crippen LogP contribution is -2.29. The molecule has 0 heterocycles. The van der Waals surface area contributed by atoms with Gasteiger partial charge in [-0.1, -0.05) is 13.8 Å². The molecule has 0 saturated heterocycles. The van der Waals surface area contributed by atoms with Crippen molar-refractivity contribution >= 4 is 11.9 Å². The quantitative estimate of drug-likeness (QED) is 0.502. The molecule has 10 heteroatoms. The number of phenols is 1. The number of amides is 1. The van der Waals surface area contributed by atoms with Crippen molar-refractivity contribution in [3.63, 3.8) is 0 Å². The summed E-state index contributed by atoms with van der Waals surface area (Å²) in [6.07, 6.45) is -4.18. The van der Waals surface area contributed by atoms with Crippen LogP contribution >= 0.6 is 0 Å². The highest BCUT2D eigenvalue weighted by Gasteiger charge is 2.31. The second kappa shape index (κ2) is 9.51. The smallest absolute Gasteiger partial charge is 0.430 e. The Labute approximate surface area is 154 Å². The first kappa shape index (κ1) is 23.8. The zero-order valence-corrected chi connectivity index (χ0v) is 15.2. The summed E-state index contributed by atoms with van der Waals surface area (Å²) < 4.78 is 37.2. The maximum Gasteiger partial charge on any atom is 0.430 e. The molecule has 1 amide bonds. The lowest BCUT2D eigenvalue weighted by atomic mass is 10.0. The highest BCUT2D eigenvalue weighted by Crippen LogP contribution is 2.24. The SMILES string of the molecule is CC.CC(/C=C(\N)C(F)(F)F)=C(/N)NC(=O)c1cc(C(=O)O)c(O)cc1C. The lowest BCUT2D eigenvalue weighted by molar-refractivity contribution is -0.0927. The van der Waals surface area contributed by atoms with Gasteiger partial charge >= 0.3 is 12.1 Å². The second-order valence-corrected chi connectivity index (χ2v) is 5.14. The van der Waals surface area contributed by atoms with Crippen LogP contribution in [0.1, 0.15) is 47.1 Å². The zero-order valence-electron chi connectivity index (χ0n) is 15.2. The van der Waals surface area contributed by atoms with E-state index < -0.39 is 35.1 Å². The molecule has 0 saturated carbocycles. The molecule has 0 bridgehead atoms. The van der Waals surface area contributed by atoms with Gasteiger partial charge < -0.3 is 27.0 Å². The average molecular weight is 389 g/mol. The highest BCUT2D eigenvalue weighted by molar-refractivity contribution is 6.00. The molecule has 0 aliphatic carbocycles. The number of alkyl halides is 3. The van der Waals surface area contributed by atoms with Crippen LogP contribution in [0.5, 0.6) is 5.75 Å². The molecule has 0 fully saturated rings. The second-order valence-electron chi connectivity index (χ2n) is 5.14. The summed E-state index contributed by atoms with van der Waals surface area (Å²) in [4.78, 5) is 23.2. The summed E-state index contributed by atoms with van der Waals surface area (Å²) in [5.74, 6) is -3.22. The third-order valence-corrected chi connectivity index (χ3v) is 3.19. The van der Waals surface area contributed by atoms with Crippen molar-refractivity contribution in [2.45, 2.75) is 33.9 Å². The van der Waals surface area contributed by atoms with E-state index in [1.165, 1.54) is 13.8 Å². The largest absolute Gasteiger partial charge is 0.507 e. The molecular weight excluding hydrogens is 367 g/mol. The lowest BCUT2D eigenvalue weighted by Gasteiger charge is -2.12. The van der Waals surface area contributed by atoms with Crippen LogP contribution in [0.4, 0.5) is 13.2 Å². The van der Waals surface area contributed by atoms with Gasteiger partial charge in [0.25, 0.3) is 5.91 Å². The number of hydrogen-bond acceptors (Lipinski definition) is 5. The van der Waals surface area contributed by atoms with Crippen molar-refractivity contribution in [3.05, 3.63) is 52.0 Å². The Morgan fingerprint density at radius 1 is 1.15 bits per heavy atom. The van der Waals surface area contributed by atoms with Crippen molar-refractivity contribution in [2.24, 2.45) is 11.5 Å². The number of aromatic hydroxyl groups is 1. The van der Waals surface area contributed by atoms with E-state index in [1.807, 2.05) is 13.8 Å². The Kier molecular flexibility index (Phi) is 8.39. The molecule has 150 valence electrons. The molecule has 0 atom stereocenters. The Balaban J connectivity index is 0.00000326. The Morgan fingerprint density at radius 2 is 1.67 bits per heavy atom. The number of carbonyl (C=O) groups is 2. The Morgan fingerprint density at radius 3 is 2.11 bits per heavy atom. The van der Waals surface area contributed by atoms with E-state index in [1.54, 1.807) is 0 Å². The number of carbonyl (C=O) groups excluding carboxylic acids is 1. The number of aryl methyl sites for hydroxylation is 1. The predicted molar refractivity (Wildman–Crippen MR) is 93.8 cm³/mol. The molecule has 7 nitrogen and oxygen atoms in total. The third kappa shape index (κ3) is 6.57. The molecule has 0 aliphatic rings. The van der Waals surface area contributed by atoms with Gasteiger partial charge in [-0.05, 0) is 43.2 Å². The van der Waals surface area contributed by atoms with Crippen molar-refractivity contribution in [1.29, 1.82) is 0 Å². The van der Waals surface area contributed by atoms with Crippen molar-refractivity contribution < 1.29 is 33.0 Å². The molecule has 0 spiro atoms. The number of benzene rings is 1. The Hall–Kier alpha value is -3.17. The summed E-state index contributed by atoms with van der Waals surface area (Å²) in [5, 5.41) is 20.6. The molecule has 0 aromatic heterocycles. The van der Waals surface area contributed by atoms with Crippen molar-refractivity contribution in [1.82, 2.24) is 5.32 Å². The summed E-state index contributed by atoms with van der Waals surface area (Å²) >= 11 is 0. The van der Waals surface area contributed by atoms with Crippen LogP contribution in [0.3, 0.4) is 0 Å². The number of rotatable bonds is 4. The minimum absolute atomic E-state index is 0.112. The summed E-state index contributed by atoms with van der Waals surface area (Å²) in [7, 11) is 0. The minimum atomic E-state index is -4.74. The number of aromatic carboxylic acids is 1. The molecule has 1 rings (SSSR count). The van der Waals surface area contributed by atoms with Crippen LogP contribution in [0.15, 0.2) is 35.3 Å². The number of hydrogen-bond donors (Lipinski definition) is 5. The van der Waals surface area contributed by atoms with Gasteiger partial charge in [0.05, 0.1) is 0 Å².